The SMILES string of the molecule is COc1ccc(OC)c(N/C=C(/C#N)c2nc(-c3ccc(C)cc3)cs2)c1. The number of ether oxygens (including phenoxy) is 2. The second-order valence-corrected chi connectivity index (χ2v) is 6.64. The van der Waals surface area contributed by atoms with Crippen molar-refractivity contribution >= 4 is 22.6 Å². The molecule has 27 heavy (non-hydrogen) atoms. The van der Waals surface area contributed by atoms with E-state index >= 15 is 0 Å². The van der Waals surface area contributed by atoms with Gasteiger partial charge in [-0.3, -0.25) is 0 Å². The lowest BCUT2D eigenvalue weighted by molar-refractivity contribution is 0.405. The summed E-state index contributed by atoms with van der Waals surface area (Å²) in [6.07, 6.45) is 1.63. The number of nitrogens with one attached hydrogen (secondary N) is 1. The number of thiazole rings is 1. The van der Waals surface area contributed by atoms with Crippen molar-refractivity contribution in [2.24, 2.45) is 0 Å². The summed E-state index contributed by atoms with van der Waals surface area (Å²) in [5, 5.41) is 15.3. The molecule has 1 heterocycles. The van der Waals surface area contributed by atoms with Crippen LogP contribution in [0.5, 0.6) is 11.5 Å². The third-order valence-electron chi connectivity index (χ3n) is 3.98. The number of hydrogen-bond donors (Lipinski definition) is 1. The average molecular weight is 377 g/mol. The largest absolute Gasteiger partial charge is 0.497 e. The number of hydrogen-bond acceptors (Lipinski definition) is 6. The van der Waals surface area contributed by atoms with E-state index in [1.165, 1.54) is 16.9 Å². The van der Waals surface area contributed by atoms with Crippen LogP contribution in [0.25, 0.3) is 16.8 Å². The third kappa shape index (κ3) is 4.27. The number of aromatic nitrogens is 1. The van der Waals surface area contributed by atoms with Crippen molar-refractivity contribution in [3.05, 3.63) is 64.6 Å². The maximum atomic E-state index is 9.55. The van der Waals surface area contributed by atoms with E-state index in [4.69, 9.17) is 9.47 Å². The Hall–Kier alpha value is -3.30. The van der Waals surface area contributed by atoms with Crippen LogP contribution >= 0.6 is 11.3 Å². The predicted molar refractivity (Wildman–Crippen MR) is 109 cm³/mol. The van der Waals surface area contributed by atoms with E-state index in [-0.39, 0.29) is 0 Å². The minimum atomic E-state index is 0.447. The maximum absolute atomic E-state index is 9.55. The molecule has 0 spiro atoms. The van der Waals surface area contributed by atoms with Crippen LogP contribution in [-0.4, -0.2) is 19.2 Å². The highest BCUT2D eigenvalue weighted by molar-refractivity contribution is 7.11. The van der Waals surface area contributed by atoms with Crippen LogP contribution in [0.2, 0.25) is 0 Å². The molecule has 0 radical (unpaired) electrons. The van der Waals surface area contributed by atoms with Crippen molar-refractivity contribution in [3.63, 3.8) is 0 Å². The van der Waals surface area contributed by atoms with Crippen LogP contribution in [0.3, 0.4) is 0 Å². The van der Waals surface area contributed by atoms with Crippen molar-refractivity contribution < 1.29 is 9.47 Å². The van der Waals surface area contributed by atoms with Gasteiger partial charge in [-0.2, -0.15) is 5.26 Å². The van der Waals surface area contributed by atoms with Gasteiger partial charge in [-0.15, -0.1) is 11.3 Å². The van der Waals surface area contributed by atoms with E-state index in [1.807, 2.05) is 48.7 Å². The molecule has 2 aromatic carbocycles. The lowest BCUT2D eigenvalue weighted by atomic mass is 10.1. The smallest absolute Gasteiger partial charge is 0.142 e. The Labute approximate surface area is 162 Å². The zero-order valence-corrected chi connectivity index (χ0v) is 16.1. The first-order valence-electron chi connectivity index (χ1n) is 8.26. The first-order valence-corrected chi connectivity index (χ1v) is 9.14. The van der Waals surface area contributed by atoms with Crippen molar-refractivity contribution in [1.82, 2.24) is 4.98 Å². The van der Waals surface area contributed by atoms with Crippen molar-refractivity contribution in [3.8, 4) is 28.8 Å². The van der Waals surface area contributed by atoms with Crippen molar-refractivity contribution in [2.75, 3.05) is 19.5 Å². The molecule has 3 rings (SSSR count). The van der Waals surface area contributed by atoms with Crippen LogP contribution < -0.4 is 14.8 Å². The average Bonchev–Trinajstić information content (AvgIpc) is 3.18. The van der Waals surface area contributed by atoms with Crippen LogP contribution in [-0.2, 0) is 0 Å². The van der Waals surface area contributed by atoms with Gasteiger partial charge >= 0.3 is 0 Å². The molecule has 0 amide bonds. The Balaban J connectivity index is 1.86. The van der Waals surface area contributed by atoms with E-state index < -0.39 is 0 Å². The summed E-state index contributed by atoms with van der Waals surface area (Å²) in [7, 11) is 3.20. The zero-order chi connectivity index (χ0) is 19.2. The summed E-state index contributed by atoms with van der Waals surface area (Å²) in [4.78, 5) is 4.60. The fraction of sp³-hybridized carbons (Fsp3) is 0.143. The van der Waals surface area contributed by atoms with Crippen LogP contribution in [0.15, 0.2) is 54.0 Å². The summed E-state index contributed by atoms with van der Waals surface area (Å²) < 4.78 is 10.6. The minimum Gasteiger partial charge on any atom is -0.497 e. The number of nitrogens with zero attached hydrogens (tertiary/aromatic N) is 2. The number of rotatable bonds is 6. The Bertz CT molecular complexity index is 1000. The standard InChI is InChI=1S/C21H19N3O2S/c1-14-4-6-15(7-5-14)19-13-27-21(24-19)16(11-22)12-23-18-10-17(25-2)8-9-20(18)26-3/h4-10,12-13,23H,1-3H3/b16-12-. The third-order valence-corrected chi connectivity index (χ3v) is 4.86. The molecule has 5 nitrogen and oxygen atoms in total. The van der Waals surface area contributed by atoms with Crippen LogP contribution in [0, 0.1) is 18.3 Å². The fourth-order valence-corrected chi connectivity index (χ4v) is 3.27. The highest BCUT2D eigenvalue weighted by Gasteiger charge is 2.10. The Morgan fingerprint density at radius 1 is 1.15 bits per heavy atom. The molecule has 3 aromatic rings. The highest BCUT2D eigenvalue weighted by atomic mass is 32.1. The highest BCUT2D eigenvalue weighted by Crippen LogP contribution is 2.30. The molecule has 0 aliphatic carbocycles. The van der Waals surface area contributed by atoms with Crippen molar-refractivity contribution in [1.29, 1.82) is 5.26 Å². The van der Waals surface area contributed by atoms with E-state index in [0.717, 1.165) is 11.3 Å². The molecule has 136 valence electrons. The molecule has 0 bridgehead atoms. The lowest BCUT2D eigenvalue weighted by Crippen LogP contribution is -1.96. The van der Waals surface area contributed by atoms with Gasteiger partial charge in [-0.05, 0) is 19.1 Å². The molecule has 0 saturated heterocycles. The van der Waals surface area contributed by atoms with Gasteiger partial charge in [0.25, 0.3) is 0 Å². The number of methoxy groups -OCH3 is 2. The zero-order valence-electron chi connectivity index (χ0n) is 15.3. The van der Waals surface area contributed by atoms with Gasteiger partial charge in [0.05, 0.1) is 25.6 Å². The summed E-state index contributed by atoms with van der Waals surface area (Å²) >= 11 is 1.44. The van der Waals surface area contributed by atoms with Crippen molar-refractivity contribution in [2.45, 2.75) is 6.92 Å². The number of benzene rings is 2. The lowest BCUT2D eigenvalue weighted by Gasteiger charge is -2.10. The van der Waals surface area contributed by atoms with Gasteiger partial charge in [0.1, 0.15) is 28.1 Å². The first kappa shape index (κ1) is 18.5. The molecule has 1 aromatic heterocycles. The number of aryl methyl sites for hydroxylation is 1. The fourth-order valence-electron chi connectivity index (χ4n) is 2.47. The summed E-state index contributed by atoms with van der Waals surface area (Å²) in [5.41, 5.74) is 4.24. The summed E-state index contributed by atoms with van der Waals surface area (Å²) in [6, 6.07) is 15.8. The Morgan fingerprint density at radius 3 is 2.59 bits per heavy atom. The monoisotopic (exact) mass is 377 g/mol. The molecule has 0 aliphatic heterocycles. The molecule has 0 saturated carbocycles. The molecular weight excluding hydrogens is 358 g/mol. The molecule has 1 N–H and O–H groups in total. The van der Waals surface area contributed by atoms with Gasteiger partial charge in [0, 0.05) is 23.2 Å². The Kier molecular flexibility index (Phi) is 5.74. The van der Waals surface area contributed by atoms with Gasteiger partial charge in [-0.25, -0.2) is 4.98 Å². The van der Waals surface area contributed by atoms with E-state index in [1.54, 1.807) is 26.5 Å². The summed E-state index contributed by atoms with van der Waals surface area (Å²) in [5.74, 6) is 1.35. The molecular formula is C21H19N3O2S. The topological polar surface area (TPSA) is 67.2 Å². The number of allylic oxidation sites excluding steroid dienone is 1. The minimum absolute atomic E-state index is 0.447. The van der Waals surface area contributed by atoms with E-state index in [0.29, 0.717) is 27.8 Å². The second-order valence-electron chi connectivity index (χ2n) is 5.78. The van der Waals surface area contributed by atoms with E-state index in [2.05, 4.69) is 16.4 Å². The number of nitriles is 1. The molecule has 6 heteroatoms. The predicted octanol–water partition coefficient (Wildman–Crippen LogP) is 5.11. The van der Waals surface area contributed by atoms with Gasteiger partial charge in [0.2, 0.25) is 0 Å². The number of anilines is 1. The van der Waals surface area contributed by atoms with Crippen LogP contribution in [0.1, 0.15) is 10.6 Å². The molecule has 0 fully saturated rings. The van der Waals surface area contributed by atoms with E-state index in [9.17, 15) is 5.26 Å². The molecule has 0 unspecified atom stereocenters. The van der Waals surface area contributed by atoms with Crippen LogP contribution in [0.4, 0.5) is 5.69 Å². The second kappa shape index (κ2) is 8.39. The summed E-state index contributed by atoms with van der Waals surface area (Å²) in [6.45, 7) is 2.05. The normalized spacial score (nSPS) is 11.0. The molecule has 0 aliphatic rings. The Morgan fingerprint density at radius 2 is 1.93 bits per heavy atom. The maximum Gasteiger partial charge on any atom is 0.142 e. The van der Waals surface area contributed by atoms with Gasteiger partial charge in [-0.1, -0.05) is 29.8 Å². The first-order chi connectivity index (χ1) is 13.1. The quantitative estimate of drug-likeness (QED) is 0.605. The van der Waals surface area contributed by atoms with Gasteiger partial charge in [0.15, 0.2) is 0 Å². The van der Waals surface area contributed by atoms with Gasteiger partial charge < -0.3 is 14.8 Å². The molecule has 0 atom stereocenters.